The average Bonchev–Trinajstić information content (AvgIpc) is 2.09. The SMILES string of the molecule is COc1cc(C(C)C)cc(F)c1Cl. The third kappa shape index (κ3) is 2.13. The Morgan fingerprint density at radius 2 is 2.00 bits per heavy atom. The van der Waals surface area contributed by atoms with Crippen LogP contribution in [0.1, 0.15) is 25.3 Å². The second kappa shape index (κ2) is 3.97. The fourth-order valence-corrected chi connectivity index (χ4v) is 1.25. The predicted octanol–water partition coefficient (Wildman–Crippen LogP) is 3.61. The van der Waals surface area contributed by atoms with Crippen molar-refractivity contribution in [1.29, 1.82) is 0 Å². The van der Waals surface area contributed by atoms with E-state index in [1.807, 2.05) is 13.8 Å². The first-order valence-electron chi connectivity index (χ1n) is 4.09. The molecule has 1 nitrogen and oxygen atoms in total. The third-order valence-corrected chi connectivity index (χ3v) is 2.27. The van der Waals surface area contributed by atoms with Crippen molar-refractivity contribution in [2.75, 3.05) is 7.11 Å². The molecular weight excluding hydrogens is 191 g/mol. The van der Waals surface area contributed by atoms with Crippen LogP contribution in [0, 0.1) is 5.82 Å². The Labute approximate surface area is 82.5 Å². The maximum Gasteiger partial charge on any atom is 0.145 e. The highest BCUT2D eigenvalue weighted by Gasteiger charge is 2.10. The lowest BCUT2D eigenvalue weighted by Gasteiger charge is -2.09. The minimum atomic E-state index is -0.426. The van der Waals surface area contributed by atoms with Crippen LogP contribution in [0.4, 0.5) is 4.39 Å². The number of rotatable bonds is 2. The Hall–Kier alpha value is -0.760. The lowest BCUT2D eigenvalue weighted by Crippen LogP contribution is -1.93. The fourth-order valence-electron chi connectivity index (χ4n) is 1.07. The van der Waals surface area contributed by atoms with Crippen molar-refractivity contribution in [3.63, 3.8) is 0 Å². The molecule has 0 spiro atoms. The van der Waals surface area contributed by atoms with E-state index in [1.165, 1.54) is 13.2 Å². The van der Waals surface area contributed by atoms with Gasteiger partial charge in [0.15, 0.2) is 0 Å². The van der Waals surface area contributed by atoms with Crippen LogP contribution in [0.3, 0.4) is 0 Å². The quantitative estimate of drug-likeness (QED) is 0.712. The maximum absolute atomic E-state index is 13.2. The molecule has 0 fully saturated rings. The Kier molecular flexibility index (Phi) is 3.15. The van der Waals surface area contributed by atoms with Gasteiger partial charge in [0.05, 0.1) is 7.11 Å². The minimum absolute atomic E-state index is 0.0481. The molecule has 0 saturated heterocycles. The van der Waals surface area contributed by atoms with Gasteiger partial charge in [-0.05, 0) is 23.6 Å². The molecule has 72 valence electrons. The molecule has 13 heavy (non-hydrogen) atoms. The smallest absolute Gasteiger partial charge is 0.145 e. The van der Waals surface area contributed by atoms with Crippen molar-refractivity contribution in [2.45, 2.75) is 19.8 Å². The number of hydrogen-bond donors (Lipinski definition) is 0. The van der Waals surface area contributed by atoms with Gasteiger partial charge in [0, 0.05) is 0 Å². The van der Waals surface area contributed by atoms with Crippen molar-refractivity contribution >= 4 is 11.6 Å². The lowest BCUT2D eigenvalue weighted by atomic mass is 10.0. The van der Waals surface area contributed by atoms with E-state index in [0.29, 0.717) is 5.75 Å². The molecule has 0 unspecified atom stereocenters. The first-order valence-corrected chi connectivity index (χ1v) is 4.47. The van der Waals surface area contributed by atoms with Crippen molar-refractivity contribution in [1.82, 2.24) is 0 Å². The number of hydrogen-bond acceptors (Lipinski definition) is 1. The number of halogens is 2. The largest absolute Gasteiger partial charge is 0.495 e. The monoisotopic (exact) mass is 202 g/mol. The molecule has 0 aliphatic carbocycles. The summed E-state index contributed by atoms with van der Waals surface area (Å²) in [6.45, 7) is 3.98. The summed E-state index contributed by atoms with van der Waals surface area (Å²) in [6, 6.07) is 3.20. The summed E-state index contributed by atoms with van der Waals surface area (Å²) in [5, 5.41) is 0.0481. The van der Waals surface area contributed by atoms with Gasteiger partial charge < -0.3 is 4.74 Å². The van der Waals surface area contributed by atoms with Gasteiger partial charge in [0.1, 0.15) is 16.6 Å². The van der Waals surface area contributed by atoms with Crippen LogP contribution in [0.15, 0.2) is 12.1 Å². The topological polar surface area (TPSA) is 9.23 Å². The van der Waals surface area contributed by atoms with Gasteiger partial charge in [-0.3, -0.25) is 0 Å². The normalized spacial score (nSPS) is 10.6. The zero-order valence-electron chi connectivity index (χ0n) is 7.90. The Morgan fingerprint density at radius 1 is 1.38 bits per heavy atom. The van der Waals surface area contributed by atoms with Crippen LogP contribution in [0.5, 0.6) is 5.75 Å². The minimum Gasteiger partial charge on any atom is -0.495 e. The molecule has 0 radical (unpaired) electrons. The molecule has 1 aromatic carbocycles. The highest BCUT2D eigenvalue weighted by molar-refractivity contribution is 6.32. The molecule has 0 atom stereocenters. The van der Waals surface area contributed by atoms with Gasteiger partial charge in [0.2, 0.25) is 0 Å². The molecule has 0 amide bonds. The van der Waals surface area contributed by atoms with Gasteiger partial charge in [0.25, 0.3) is 0 Å². The highest BCUT2D eigenvalue weighted by Crippen LogP contribution is 2.31. The van der Waals surface area contributed by atoms with Gasteiger partial charge >= 0.3 is 0 Å². The number of ether oxygens (including phenoxy) is 1. The fraction of sp³-hybridized carbons (Fsp3) is 0.400. The Balaban J connectivity index is 3.22. The van der Waals surface area contributed by atoms with Crippen LogP contribution in [-0.4, -0.2) is 7.11 Å². The van der Waals surface area contributed by atoms with E-state index in [1.54, 1.807) is 6.07 Å². The van der Waals surface area contributed by atoms with E-state index in [2.05, 4.69) is 0 Å². The molecule has 0 aliphatic heterocycles. The van der Waals surface area contributed by atoms with Crippen LogP contribution in [0.2, 0.25) is 5.02 Å². The summed E-state index contributed by atoms with van der Waals surface area (Å²) < 4.78 is 18.1. The van der Waals surface area contributed by atoms with Crippen LogP contribution in [0.25, 0.3) is 0 Å². The molecule has 0 aliphatic rings. The van der Waals surface area contributed by atoms with E-state index in [-0.39, 0.29) is 10.9 Å². The van der Waals surface area contributed by atoms with Crippen LogP contribution < -0.4 is 4.74 Å². The molecule has 3 heteroatoms. The van der Waals surface area contributed by atoms with Crippen molar-refractivity contribution < 1.29 is 9.13 Å². The van der Waals surface area contributed by atoms with Crippen molar-refractivity contribution in [2.24, 2.45) is 0 Å². The Morgan fingerprint density at radius 3 is 2.46 bits per heavy atom. The molecule has 1 aromatic rings. The summed E-state index contributed by atoms with van der Waals surface area (Å²) in [5.41, 5.74) is 0.888. The van der Waals surface area contributed by atoms with Crippen molar-refractivity contribution in [3.05, 3.63) is 28.5 Å². The van der Waals surface area contributed by atoms with E-state index in [0.717, 1.165) is 5.56 Å². The zero-order chi connectivity index (χ0) is 10.0. The number of benzene rings is 1. The standard InChI is InChI=1S/C10H12ClFO/c1-6(2)7-4-8(12)10(11)9(5-7)13-3/h4-6H,1-3H3. The van der Waals surface area contributed by atoms with Gasteiger partial charge in [-0.2, -0.15) is 0 Å². The summed E-state index contributed by atoms with van der Waals surface area (Å²) in [7, 11) is 1.48. The summed E-state index contributed by atoms with van der Waals surface area (Å²) >= 11 is 5.67. The second-order valence-electron chi connectivity index (χ2n) is 3.17. The van der Waals surface area contributed by atoms with Crippen LogP contribution in [-0.2, 0) is 0 Å². The average molecular weight is 203 g/mol. The van der Waals surface area contributed by atoms with E-state index in [4.69, 9.17) is 16.3 Å². The zero-order valence-corrected chi connectivity index (χ0v) is 8.65. The van der Waals surface area contributed by atoms with Crippen LogP contribution >= 0.6 is 11.6 Å². The van der Waals surface area contributed by atoms with E-state index >= 15 is 0 Å². The van der Waals surface area contributed by atoms with E-state index in [9.17, 15) is 4.39 Å². The van der Waals surface area contributed by atoms with E-state index < -0.39 is 5.82 Å². The molecule has 0 saturated carbocycles. The first kappa shape index (κ1) is 10.3. The van der Waals surface area contributed by atoms with Crippen molar-refractivity contribution in [3.8, 4) is 5.75 Å². The molecule has 0 N–H and O–H groups in total. The Bertz CT molecular complexity index is 310. The summed E-state index contributed by atoms with van der Waals surface area (Å²) in [5.74, 6) is 0.232. The second-order valence-corrected chi connectivity index (χ2v) is 3.55. The summed E-state index contributed by atoms with van der Waals surface area (Å²) in [4.78, 5) is 0. The van der Waals surface area contributed by atoms with Gasteiger partial charge in [-0.15, -0.1) is 0 Å². The lowest BCUT2D eigenvalue weighted by molar-refractivity contribution is 0.410. The molecule has 1 rings (SSSR count). The molecule has 0 bridgehead atoms. The first-order chi connectivity index (χ1) is 6.06. The predicted molar refractivity (Wildman–Crippen MR) is 52.1 cm³/mol. The molecular formula is C10H12ClFO. The summed E-state index contributed by atoms with van der Waals surface area (Å²) in [6.07, 6.45) is 0. The number of methoxy groups -OCH3 is 1. The van der Waals surface area contributed by atoms with Gasteiger partial charge in [-0.25, -0.2) is 4.39 Å². The maximum atomic E-state index is 13.2. The van der Waals surface area contributed by atoms with Gasteiger partial charge in [-0.1, -0.05) is 25.4 Å². The molecule has 0 heterocycles. The highest BCUT2D eigenvalue weighted by atomic mass is 35.5. The molecule has 0 aromatic heterocycles. The third-order valence-electron chi connectivity index (χ3n) is 1.90.